The van der Waals surface area contributed by atoms with E-state index in [4.69, 9.17) is 0 Å². The van der Waals surface area contributed by atoms with Crippen molar-refractivity contribution in [3.05, 3.63) is 105 Å². The Labute approximate surface area is 212 Å². The summed E-state index contributed by atoms with van der Waals surface area (Å²) in [5.41, 5.74) is 2.57. The number of hydrogen-bond acceptors (Lipinski definition) is 5. The van der Waals surface area contributed by atoms with Crippen LogP contribution in [0.2, 0.25) is 0 Å². The molecule has 0 spiro atoms. The molecule has 4 rings (SSSR count). The number of nitriles is 1. The molecule has 0 fully saturated rings. The number of nitrogens with zero attached hydrogens (tertiary/aromatic N) is 4. The number of nitrogens with one attached hydrogen (secondary N) is 1. The van der Waals surface area contributed by atoms with Gasteiger partial charge in [0.25, 0.3) is 11.5 Å². The summed E-state index contributed by atoms with van der Waals surface area (Å²) in [4.78, 5) is 32.3. The van der Waals surface area contributed by atoms with E-state index in [1.54, 1.807) is 12.3 Å². The summed E-state index contributed by atoms with van der Waals surface area (Å²) in [6, 6.07) is 14.1. The summed E-state index contributed by atoms with van der Waals surface area (Å²) >= 11 is 0. The number of hydrogen-bond donors (Lipinski definition) is 1. The second-order valence-electron chi connectivity index (χ2n) is 8.44. The molecule has 37 heavy (non-hydrogen) atoms. The lowest BCUT2D eigenvalue weighted by atomic mass is 10.1. The maximum atomic E-state index is 13.6. The Balaban J connectivity index is 1.57. The predicted molar refractivity (Wildman–Crippen MR) is 137 cm³/mol. The van der Waals surface area contributed by atoms with E-state index < -0.39 is 23.1 Å². The predicted octanol–water partition coefficient (Wildman–Crippen LogP) is 4.37. The van der Waals surface area contributed by atoms with Crippen LogP contribution in [0.5, 0.6) is 0 Å². The van der Waals surface area contributed by atoms with Crippen LogP contribution in [0.4, 0.5) is 14.5 Å². The minimum absolute atomic E-state index is 0.00973. The first-order chi connectivity index (χ1) is 17.9. The Morgan fingerprint density at radius 3 is 2.54 bits per heavy atom. The summed E-state index contributed by atoms with van der Waals surface area (Å²) in [6.07, 6.45) is 3.05. The standard InChI is InChI=1S/C28H25F2N5O2/c1-3-34(4-2)26-20(14-31)16-32-25-10-8-18(12-22(25)26)15-33-27(36)21-6-5-11-35(28(21)37)17-19-7-9-23(29)24(30)13-19/h5-13,16H,3-4,15,17H2,1-2H3,(H,33,36). The molecule has 0 aliphatic carbocycles. The monoisotopic (exact) mass is 501 g/mol. The summed E-state index contributed by atoms with van der Waals surface area (Å²) in [5.74, 6) is -2.53. The van der Waals surface area contributed by atoms with Crippen molar-refractivity contribution in [1.82, 2.24) is 14.9 Å². The molecule has 0 unspecified atom stereocenters. The van der Waals surface area contributed by atoms with E-state index in [2.05, 4.69) is 21.3 Å². The molecule has 2 aromatic heterocycles. The quantitative estimate of drug-likeness (QED) is 0.387. The zero-order valence-corrected chi connectivity index (χ0v) is 20.5. The second kappa shape index (κ2) is 11.0. The van der Waals surface area contributed by atoms with Gasteiger partial charge in [0.2, 0.25) is 0 Å². The van der Waals surface area contributed by atoms with E-state index in [0.717, 1.165) is 47.4 Å². The molecule has 7 nitrogen and oxygen atoms in total. The van der Waals surface area contributed by atoms with Crippen LogP contribution in [0.15, 0.2) is 65.7 Å². The summed E-state index contributed by atoms with van der Waals surface area (Å²) < 4.78 is 28.0. The SMILES string of the molecule is CCN(CC)c1c(C#N)cnc2ccc(CNC(=O)c3cccn(Cc4ccc(F)c(F)c4)c3=O)cc12. The van der Waals surface area contributed by atoms with E-state index in [0.29, 0.717) is 11.1 Å². The fraction of sp³-hybridized carbons (Fsp3) is 0.214. The molecule has 0 aliphatic heterocycles. The van der Waals surface area contributed by atoms with Gasteiger partial charge < -0.3 is 14.8 Å². The van der Waals surface area contributed by atoms with Crippen LogP contribution in [-0.4, -0.2) is 28.5 Å². The highest BCUT2D eigenvalue weighted by Crippen LogP contribution is 2.30. The molecule has 0 saturated carbocycles. The lowest BCUT2D eigenvalue weighted by Crippen LogP contribution is -2.32. The number of fused-ring (bicyclic) bond motifs is 1. The molecule has 4 aromatic rings. The maximum absolute atomic E-state index is 13.6. The zero-order chi connectivity index (χ0) is 26.5. The molecule has 0 aliphatic rings. The van der Waals surface area contributed by atoms with E-state index in [1.165, 1.54) is 22.9 Å². The minimum atomic E-state index is -1.00. The fourth-order valence-corrected chi connectivity index (χ4v) is 4.24. The van der Waals surface area contributed by atoms with Gasteiger partial charge in [-0.15, -0.1) is 0 Å². The molecule has 1 N–H and O–H groups in total. The lowest BCUT2D eigenvalue weighted by Gasteiger charge is -2.24. The second-order valence-corrected chi connectivity index (χ2v) is 8.44. The van der Waals surface area contributed by atoms with Gasteiger partial charge in [-0.2, -0.15) is 5.26 Å². The third-order valence-electron chi connectivity index (χ3n) is 6.16. The highest BCUT2D eigenvalue weighted by Gasteiger charge is 2.16. The number of carbonyl (C=O) groups excluding carboxylic acids is 1. The van der Waals surface area contributed by atoms with E-state index in [9.17, 15) is 23.6 Å². The topological polar surface area (TPSA) is 91.0 Å². The third kappa shape index (κ3) is 5.33. The van der Waals surface area contributed by atoms with Crippen molar-refractivity contribution >= 4 is 22.5 Å². The van der Waals surface area contributed by atoms with E-state index in [-0.39, 0.29) is 18.7 Å². The molecular weight excluding hydrogens is 476 g/mol. The minimum Gasteiger partial charge on any atom is -0.370 e. The molecule has 2 heterocycles. The van der Waals surface area contributed by atoms with Crippen molar-refractivity contribution in [2.45, 2.75) is 26.9 Å². The Morgan fingerprint density at radius 1 is 1.08 bits per heavy atom. The molecule has 2 aromatic carbocycles. The van der Waals surface area contributed by atoms with Crippen molar-refractivity contribution in [3.63, 3.8) is 0 Å². The zero-order valence-electron chi connectivity index (χ0n) is 20.5. The Morgan fingerprint density at radius 2 is 1.84 bits per heavy atom. The molecule has 1 amide bonds. The number of carbonyl (C=O) groups is 1. The number of aromatic nitrogens is 2. The number of halogens is 2. The summed E-state index contributed by atoms with van der Waals surface area (Å²) in [7, 11) is 0. The molecule has 0 bridgehead atoms. The molecule has 0 saturated heterocycles. The molecule has 9 heteroatoms. The normalized spacial score (nSPS) is 10.8. The number of benzene rings is 2. The van der Waals surface area contributed by atoms with Gasteiger partial charge in [0.05, 0.1) is 23.3 Å². The number of rotatable bonds is 8. The van der Waals surface area contributed by atoms with Gasteiger partial charge in [-0.05, 0) is 61.4 Å². The van der Waals surface area contributed by atoms with Gasteiger partial charge in [-0.1, -0.05) is 12.1 Å². The first-order valence-corrected chi connectivity index (χ1v) is 11.8. The Bertz CT molecular complexity index is 1570. The summed E-state index contributed by atoms with van der Waals surface area (Å²) in [6.45, 7) is 5.61. The van der Waals surface area contributed by atoms with Crippen molar-refractivity contribution in [3.8, 4) is 6.07 Å². The van der Waals surface area contributed by atoms with Gasteiger partial charge in [0.15, 0.2) is 11.6 Å². The van der Waals surface area contributed by atoms with Crippen LogP contribution in [0.3, 0.4) is 0 Å². The number of amides is 1. The highest BCUT2D eigenvalue weighted by molar-refractivity contribution is 5.95. The van der Waals surface area contributed by atoms with Crippen LogP contribution < -0.4 is 15.8 Å². The van der Waals surface area contributed by atoms with Crippen LogP contribution in [0.1, 0.15) is 40.9 Å². The summed E-state index contributed by atoms with van der Waals surface area (Å²) in [5, 5.41) is 13.2. The fourth-order valence-electron chi connectivity index (χ4n) is 4.24. The first kappa shape index (κ1) is 25.5. The van der Waals surface area contributed by atoms with Crippen molar-refractivity contribution in [1.29, 1.82) is 5.26 Å². The average Bonchev–Trinajstić information content (AvgIpc) is 2.91. The average molecular weight is 502 g/mol. The van der Waals surface area contributed by atoms with Gasteiger partial charge in [0.1, 0.15) is 11.6 Å². The molecule has 188 valence electrons. The van der Waals surface area contributed by atoms with E-state index in [1.807, 2.05) is 32.0 Å². The largest absolute Gasteiger partial charge is 0.370 e. The molecule has 0 radical (unpaired) electrons. The Kier molecular flexibility index (Phi) is 7.58. The van der Waals surface area contributed by atoms with Gasteiger partial charge in [-0.3, -0.25) is 14.6 Å². The van der Waals surface area contributed by atoms with E-state index >= 15 is 0 Å². The number of anilines is 1. The van der Waals surface area contributed by atoms with Crippen molar-refractivity contribution in [2.24, 2.45) is 0 Å². The molecular formula is C28H25F2N5O2. The van der Waals surface area contributed by atoms with Gasteiger partial charge in [0, 0.05) is 37.4 Å². The van der Waals surface area contributed by atoms with Crippen molar-refractivity contribution in [2.75, 3.05) is 18.0 Å². The van der Waals surface area contributed by atoms with Crippen LogP contribution in [-0.2, 0) is 13.1 Å². The van der Waals surface area contributed by atoms with Crippen LogP contribution in [0, 0.1) is 23.0 Å². The number of pyridine rings is 2. The Hall–Kier alpha value is -4.58. The smallest absolute Gasteiger partial charge is 0.263 e. The first-order valence-electron chi connectivity index (χ1n) is 11.8. The van der Waals surface area contributed by atoms with Crippen LogP contribution >= 0.6 is 0 Å². The third-order valence-corrected chi connectivity index (χ3v) is 6.16. The van der Waals surface area contributed by atoms with Crippen LogP contribution in [0.25, 0.3) is 10.9 Å². The van der Waals surface area contributed by atoms with Crippen molar-refractivity contribution < 1.29 is 13.6 Å². The van der Waals surface area contributed by atoms with Gasteiger partial charge in [-0.25, -0.2) is 8.78 Å². The highest BCUT2D eigenvalue weighted by atomic mass is 19.2. The molecule has 0 atom stereocenters. The maximum Gasteiger partial charge on any atom is 0.263 e. The van der Waals surface area contributed by atoms with Gasteiger partial charge >= 0.3 is 0 Å². The lowest BCUT2D eigenvalue weighted by molar-refractivity contribution is 0.0949.